The van der Waals surface area contributed by atoms with Crippen molar-refractivity contribution in [2.75, 3.05) is 33.2 Å². The molecule has 124 valence electrons. The molecule has 1 unspecified atom stereocenters. The second-order valence-corrected chi connectivity index (χ2v) is 7.61. The molecule has 0 aromatic heterocycles. The van der Waals surface area contributed by atoms with Crippen molar-refractivity contribution in [3.8, 4) is 0 Å². The quantitative estimate of drug-likeness (QED) is 0.817. The molecule has 2 aliphatic rings. The maximum atomic E-state index is 6.24. The van der Waals surface area contributed by atoms with Gasteiger partial charge in [-0.2, -0.15) is 0 Å². The molecule has 1 saturated heterocycles. The SMILES string of the molecule is CCN(CCC1CCCCN1C)C1(CN)CCC(C)CC1. The highest BCUT2D eigenvalue weighted by molar-refractivity contribution is 4.95. The first-order valence-corrected chi connectivity index (χ1v) is 9.26. The van der Waals surface area contributed by atoms with E-state index >= 15 is 0 Å². The highest BCUT2D eigenvalue weighted by atomic mass is 15.2. The van der Waals surface area contributed by atoms with Gasteiger partial charge in [0.1, 0.15) is 0 Å². The Bertz CT molecular complexity index is 297. The van der Waals surface area contributed by atoms with Crippen LogP contribution in [-0.2, 0) is 0 Å². The maximum absolute atomic E-state index is 6.24. The van der Waals surface area contributed by atoms with Crippen LogP contribution in [0.4, 0.5) is 0 Å². The Kier molecular flexibility index (Phi) is 6.51. The van der Waals surface area contributed by atoms with E-state index in [4.69, 9.17) is 5.73 Å². The average Bonchev–Trinajstić information content (AvgIpc) is 2.51. The molecule has 3 nitrogen and oxygen atoms in total. The summed E-state index contributed by atoms with van der Waals surface area (Å²) in [6, 6.07) is 0.796. The van der Waals surface area contributed by atoms with Gasteiger partial charge in [-0.25, -0.2) is 0 Å². The minimum Gasteiger partial charge on any atom is -0.329 e. The Morgan fingerprint density at radius 2 is 1.90 bits per heavy atom. The zero-order chi connectivity index (χ0) is 15.3. The second kappa shape index (κ2) is 7.94. The lowest BCUT2D eigenvalue weighted by Crippen LogP contribution is -2.56. The third-order valence-electron chi connectivity index (χ3n) is 6.29. The van der Waals surface area contributed by atoms with Gasteiger partial charge >= 0.3 is 0 Å². The van der Waals surface area contributed by atoms with Crippen molar-refractivity contribution in [1.82, 2.24) is 9.80 Å². The van der Waals surface area contributed by atoms with Crippen molar-refractivity contribution in [2.24, 2.45) is 11.7 Å². The molecule has 1 atom stereocenters. The first-order chi connectivity index (χ1) is 10.1. The van der Waals surface area contributed by atoms with Crippen molar-refractivity contribution in [1.29, 1.82) is 0 Å². The van der Waals surface area contributed by atoms with Crippen molar-refractivity contribution in [3.63, 3.8) is 0 Å². The van der Waals surface area contributed by atoms with Crippen LogP contribution < -0.4 is 5.73 Å². The van der Waals surface area contributed by atoms with Crippen LogP contribution in [0.15, 0.2) is 0 Å². The predicted molar refractivity (Wildman–Crippen MR) is 91.6 cm³/mol. The van der Waals surface area contributed by atoms with Gasteiger partial charge in [-0.1, -0.05) is 20.3 Å². The molecule has 2 rings (SSSR count). The third kappa shape index (κ3) is 4.20. The topological polar surface area (TPSA) is 32.5 Å². The molecule has 2 fully saturated rings. The van der Waals surface area contributed by atoms with E-state index in [1.54, 1.807) is 0 Å². The van der Waals surface area contributed by atoms with Crippen molar-refractivity contribution in [3.05, 3.63) is 0 Å². The van der Waals surface area contributed by atoms with Crippen LogP contribution in [0, 0.1) is 5.92 Å². The van der Waals surface area contributed by atoms with Gasteiger partial charge in [0.2, 0.25) is 0 Å². The van der Waals surface area contributed by atoms with Gasteiger partial charge in [-0.05, 0) is 71.0 Å². The van der Waals surface area contributed by atoms with Crippen molar-refractivity contribution in [2.45, 2.75) is 76.8 Å². The highest BCUT2D eigenvalue weighted by Gasteiger charge is 2.37. The average molecular weight is 296 g/mol. The first kappa shape index (κ1) is 17.2. The van der Waals surface area contributed by atoms with Gasteiger partial charge in [0.25, 0.3) is 0 Å². The fourth-order valence-corrected chi connectivity index (χ4v) is 4.49. The largest absolute Gasteiger partial charge is 0.329 e. The molecule has 2 N–H and O–H groups in total. The molecule has 1 saturated carbocycles. The Balaban J connectivity index is 1.91. The summed E-state index contributed by atoms with van der Waals surface area (Å²) in [6.07, 6.45) is 10.8. The number of hydrogen-bond donors (Lipinski definition) is 1. The van der Waals surface area contributed by atoms with E-state index in [9.17, 15) is 0 Å². The van der Waals surface area contributed by atoms with Crippen LogP contribution in [-0.4, -0.2) is 54.6 Å². The lowest BCUT2D eigenvalue weighted by atomic mass is 9.75. The summed E-state index contributed by atoms with van der Waals surface area (Å²) in [4.78, 5) is 5.30. The third-order valence-corrected chi connectivity index (χ3v) is 6.29. The van der Waals surface area contributed by atoms with Crippen LogP contribution in [0.3, 0.4) is 0 Å². The molecule has 0 aromatic carbocycles. The van der Waals surface area contributed by atoms with Gasteiger partial charge in [0.15, 0.2) is 0 Å². The Labute approximate surface area is 132 Å². The molecule has 3 heteroatoms. The minimum atomic E-state index is 0.300. The zero-order valence-electron chi connectivity index (χ0n) is 14.6. The fourth-order valence-electron chi connectivity index (χ4n) is 4.49. The van der Waals surface area contributed by atoms with Gasteiger partial charge in [-0.15, -0.1) is 0 Å². The lowest BCUT2D eigenvalue weighted by molar-refractivity contribution is 0.0384. The van der Waals surface area contributed by atoms with E-state index in [0.717, 1.165) is 25.0 Å². The molecule has 0 bridgehead atoms. The number of piperidine rings is 1. The standard InChI is InChI=1S/C18H37N3/c1-4-21(14-10-17-7-5-6-13-20(17)3)18(15-19)11-8-16(2)9-12-18/h16-17H,4-15,19H2,1-3H3. The van der Waals surface area contributed by atoms with Crippen LogP contribution in [0.5, 0.6) is 0 Å². The van der Waals surface area contributed by atoms with Gasteiger partial charge < -0.3 is 10.6 Å². The summed E-state index contributed by atoms with van der Waals surface area (Å²) in [5.74, 6) is 0.896. The van der Waals surface area contributed by atoms with Crippen LogP contribution >= 0.6 is 0 Å². The van der Waals surface area contributed by atoms with E-state index in [0.29, 0.717) is 5.54 Å². The van der Waals surface area contributed by atoms with Crippen LogP contribution in [0.25, 0.3) is 0 Å². The molecule has 0 radical (unpaired) electrons. The molecular formula is C18H37N3. The Hall–Kier alpha value is -0.120. The molecule has 0 aromatic rings. The van der Waals surface area contributed by atoms with Crippen LogP contribution in [0.1, 0.15) is 65.2 Å². The monoisotopic (exact) mass is 295 g/mol. The summed E-state index contributed by atoms with van der Waals surface area (Å²) in [5.41, 5.74) is 6.54. The van der Waals surface area contributed by atoms with Crippen molar-refractivity contribution >= 4 is 0 Å². The zero-order valence-corrected chi connectivity index (χ0v) is 14.6. The lowest BCUT2D eigenvalue weighted by Gasteiger charge is -2.48. The smallest absolute Gasteiger partial charge is 0.0331 e. The normalized spacial score (nSPS) is 35.3. The van der Waals surface area contributed by atoms with E-state index < -0.39 is 0 Å². The molecule has 1 aliphatic carbocycles. The number of hydrogen-bond acceptors (Lipinski definition) is 3. The maximum Gasteiger partial charge on any atom is 0.0331 e. The summed E-state index contributed by atoms with van der Waals surface area (Å²) in [5, 5.41) is 0. The van der Waals surface area contributed by atoms with Crippen LogP contribution in [0.2, 0.25) is 0 Å². The molecule has 0 spiro atoms. The number of nitrogens with two attached hydrogens (primary N) is 1. The summed E-state index contributed by atoms with van der Waals surface area (Å²) >= 11 is 0. The van der Waals surface area contributed by atoms with E-state index in [1.165, 1.54) is 64.5 Å². The second-order valence-electron chi connectivity index (χ2n) is 7.61. The number of likely N-dealkylation sites (N-methyl/N-ethyl adjacent to an activating group) is 1. The Morgan fingerprint density at radius 1 is 1.19 bits per heavy atom. The molecular weight excluding hydrogens is 258 g/mol. The van der Waals surface area contributed by atoms with Crippen molar-refractivity contribution < 1.29 is 0 Å². The van der Waals surface area contributed by atoms with E-state index in [2.05, 4.69) is 30.7 Å². The number of nitrogens with zero attached hydrogens (tertiary/aromatic N) is 2. The molecule has 0 amide bonds. The van der Waals surface area contributed by atoms with E-state index in [1.807, 2.05) is 0 Å². The summed E-state index contributed by atoms with van der Waals surface area (Å²) in [7, 11) is 2.31. The van der Waals surface area contributed by atoms with Gasteiger partial charge in [-0.3, -0.25) is 4.90 Å². The molecule has 1 heterocycles. The molecule has 1 aliphatic heterocycles. The predicted octanol–water partition coefficient (Wildman–Crippen LogP) is 3.09. The number of rotatable bonds is 6. The van der Waals surface area contributed by atoms with E-state index in [-0.39, 0.29) is 0 Å². The fraction of sp³-hybridized carbons (Fsp3) is 1.00. The summed E-state index contributed by atoms with van der Waals surface area (Å²) in [6.45, 7) is 9.23. The number of likely N-dealkylation sites (tertiary alicyclic amines) is 1. The summed E-state index contributed by atoms with van der Waals surface area (Å²) < 4.78 is 0. The highest BCUT2D eigenvalue weighted by Crippen LogP contribution is 2.36. The molecule has 21 heavy (non-hydrogen) atoms. The van der Waals surface area contributed by atoms with Gasteiger partial charge in [0, 0.05) is 24.7 Å². The first-order valence-electron chi connectivity index (χ1n) is 9.26. The van der Waals surface area contributed by atoms with Gasteiger partial charge in [0.05, 0.1) is 0 Å². The minimum absolute atomic E-state index is 0.300. The Morgan fingerprint density at radius 3 is 2.48 bits per heavy atom.